The second-order valence-electron chi connectivity index (χ2n) is 4.18. The predicted molar refractivity (Wildman–Crippen MR) is 59.9 cm³/mol. The van der Waals surface area contributed by atoms with Gasteiger partial charge in [0.2, 0.25) is 0 Å². The monoisotopic (exact) mass is 228 g/mol. The minimum Gasteiger partial charge on any atom is -0.465 e. The number of hydrogen-bond donors (Lipinski definition) is 2. The molecule has 0 aromatic heterocycles. The Morgan fingerprint density at radius 3 is 2.62 bits per heavy atom. The van der Waals surface area contributed by atoms with Gasteiger partial charge in [0.15, 0.2) is 0 Å². The first kappa shape index (κ1) is 12.8. The highest BCUT2D eigenvalue weighted by Gasteiger charge is 2.27. The summed E-state index contributed by atoms with van der Waals surface area (Å²) in [6.45, 7) is 4.79. The van der Waals surface area contributed by atoms with Crippen LogP contribution in [0.15, 0.2) is 0 Å². The zero-order chi connectivity index (χ0) is 12.0. The molecule has 0 aromatic carbocycles. The Bertz CT molecular complexity index is 252. The van der Waals surface area contributed by atoms with Crippen LogP contribution < -0.4 is 10.6 Å². The average Bonchev–Trinajstić information content (AvgIpc) is 3.07. The molecule has 0 spiro atoms. The summed E-state index contributed by atoms with van der Waals surface area (Å²) in [6, 6.07) is -0.305. The molecule has 2 N–H and O–H groups in total. The minimum atomic E-state index is -0.409. The van der Waals surface area contributed by atoms with Crippen LogP contribution in [0.2, 0.25) is 0 Å². The molecule has 5 heteroatoms. The van der Waals surface area contributed by atoms with Crippen molar-refractivity contribution in [2.75, 3.05) is 19.7 Å². The van der Waals surface area contributed by atoms with E-state index in [1.54, 1.807) is 6.92 Å². The fourth-order valence-electron chi connectivity index (χ4n) is 1.51. The van der Waals surface area contributed by atoms with E-state index in [1.807, 2.05) is 0 Å². The van der Waals surface area contributed by atoms with Crippen molar-refractivity contribution >= 4 is 12.0 Å². The Morgan fingerprint density at radius 2 is 2.06 bits per heavy atom. The molecule has 1 unspecified atom stereocenters. The molecule has 2 amide bonds. The summed E-state index contributed by atoms with van der Waals surface area (Å²) >= 11 is 0. The van der Waals surface area contributed by atoms with Crippen LogP contribution >= 0.6 is 0 Å². The minimum absolute atomic E-state index is 0.0719. The third-order valence-corrected chi connectivity index (χ3v) is 2.71. The van der Waals surface area contributed by atoms with Crippen molar-refractivity contribution in [3.05, 3.63) is 0 Å². The number of amides is 2. The molecule has 1 aliphatic carbocycles. The molecular formula is C11H20N2O3. The van der Waals surface area contributed by atoms with Crippen molar-refractivity contribution in [2.24, 2.45) is 11.8 Å². The Kier molecular flexibility index (Phi) is 5.08. The van der Waals surface area contributed by atoms with Gasteiger partial charge in [-0.05, 0) is 31.6 Å². The predicted octanol–water partition coefficient (Wildman–Crippen LogP) is 0.895. The van der Waals surface area contributed by atoms with Crippen LogP contribution in [0.25, 0.3) is 0 Å². The molecule has 0 bridgehead atoms. The topological polar surface area (TPSA) is 67.4 Å². The maximum atomic E-state index is 11.3. The van der Waals surface area contributed by atoms with Gasteiger partial charge in [0.1, 0.15) is 6.54 Å². The van der Waals surface area contributed by atoms with Crippen LogP contribution in [-0.2, 0) is 9.53 Å². The summed E-state index contributed by atoms with van der Waals surface area (Å²) in [5.74, 6) is 0.881. The number of hydrogen-bond acceptors (Lipinski definition) is 3. The summed E-state index contributed by atoms with van der Waals surface area (Å²) in [4.78, 5) is 22.2. The maximum absolute atomic E-state index is 11.3. The van der Waals surface area contributed by atoms with E-state index in [1.165, 1.54) is 12.8 Å². The molecule has 0 aromatic rings. The summed E-state index contributed by atoms with van der Waals surface area (Å²) in [7, 11) is 0. The van der Waals surface area contributed by atoms with Gasteiger partial charge in [0.25, 0.3) is 0 Å². The molecular weight excluding hydrogens is 208 g/mol. The molecule has 0 aliphatic heterocycles. The number of esters is 1. The van der Waals surface area contributed by atoms with E-state index >= 15 is 0 Å². The van der Waals surface area contributed by atoms with Crippen molar-refractivity contribution in [3.8, 4) is 0 Å². The van der Waals surface area contributed by atoms with Crippen LogP contribution in [0.5, 0.6) is 0 Å². The number of rotatable bonds is 6. The Balaban J connectivity index is 2.03. The van der Waals surface area contributed by atoms with Gasteiger partial charge in [0.05, 0.1) is 6.61 Å². The van der Waals surface area contributed by atoms with E-state index in [0.29, 0.717) is 19.1 Å². The van der Waals surface area contributed by atoms with Gasteiger partial charge in [-0.1, -0.05) is 6.92 Å². The van der Waals surface area contributed by atoms with Gasteiger partial charge in [-0.25, -0.2) is 4.79 Å². The third kappa shape index (κ3) is 5.00. The Labute approximate surface area is 95.9 Å². The van der Waals surface area contributed by atoms with E-state index < -0.39 is 5.97 Å². The lowest BCUT2D eigenvalue weighted by Crippen LogP contribution is -2.40. The van der Waals surface area contributed by atoms with Crippen LogP contribution in [-0.4, -0.2) is 31.7 Å². The lowest BCUT2D eigenvalue weighted by molar-refractivity contribution is -0.141. The average molecular weight is 228 g/mol. The van der Waals surface area contributed by atoms with Crippen LogP contribution in [0.1, 0.15) is 26.7 Å². The zero-order valence-electron chi connectivity index (χ0n) is 9.91. The van der Waals surface area contributed by atoms with Gasteiger partial charge < -0.3 is 15.4 Å². The third-order valence-electron chi connectivity index (χ3n) is 2.71. The number of nitrogens with one attached hydrogen (secondary N) is 2. The fraction of sp³-hybridized carbons (Fsp3) is 0.818. The largest absolute Gasteiger partial charge is 0.465 e. The van der Waals surface area contributed by atoms with E-state index in [2.05, 4.69) is 22.3 Å². The van der Waals surface area contributed by atoms with Gasteiger partial charge in [-0.15, -0.1) is 0 Å². The van der Waals surface area contributed by atoms with E-state index in [4.69, 9.17) is 0 Å². The molecule has 92 valence electrons. The van der Waals surface area contributed by atoms with Crippen LogP contribution in [0.4, 0.5) is 4.79 Å². The Morgan fingerprint density at radius 1 is 1.38 bits per heavy atom. The molecule has 0 radical (unpaired) electrons. The van der Waals surface area contributed by atoms with Crippen LogP contribution in [0, 0.1) is 11.8 Å². The zero-order valence-corrected chi connectivity index (χ0v) is 9.91. The van der Waals surface area contributed by atoms with Crippen molar-refractivity contribution in [2.45, 2.75) is 26.7 Å². The second kappa shape index (κ2) is 6.35. The highest BCUT2D eigenvalue weighted by Crippen LogP contribution is 2.35. The smallest absolute Gasteiger partial charge is 0.325 e. The maximum Gasteiger partial charge on any atom is 0.325 e. The molecule has 1 aliphatic rings. The van der Waals surface area contributed by atoms with E-state index in [0.717, 1.165) is 5.92 Å². The first-order chi connectivity index (χ1) is 7.63. The highest BCUT2D eigenvalue weighted by molar-refractivity contribution is 5.80. The first-order valence-electron chi connectivity index (χ1n) is 5.80. The molecule has 5 nitrogen and oxygen atoms in total. The normalized spacial score (nSPS) is 16.4. The van der Waals surface area contributed by atoms with Crippen molar-refractivity contribution < 1.29 is 14.3 Å². The molecule has 1 saturated carbocycles. The summed E-state index contributed by atoms with van der Waals surface area (Å²) < 4.78 is 4.68. The van der Waals surface area contributed by atoms with Crippen molar-refractivity contribution in [1.82, 2.24) is 10.6 Å². The molecule has 0 saturated heterocycles. The standard InChI is InChI=1S/C11H20N2O3/c1-3-16-10(14)7-13-11(15)12-6-8(2)9-4-5-9/h8-9H,3-7H2,1-2H3,(H2,12,13,15). The second-order valence-corrected chi connectivity index (χ2v) is 4.18. The molecule has 16 heavy (non-hydrogen) atoms. The van der Waals surface area contributed by atoms with Crippen molar-refractivity contribution in [1.29, 1.82) is 0 Å². The summed E-state index contributed by atoms with van der Waals surface area (Å²) in [5, 5.41) is 5.20. The summed E-state index contributed by atoms with van der Waals surface area (Å²) in [5.41, 5.74) is 0. The van der Waals surface area contributed by atoms with E-state index in [9.17, 15) is 9.59 Å². The SMILES string of the molecule is CCOC(=O)CNC(=O)NCC(C)C1CC1. The molecule has 0 heterocycles. The number of ether oxygens (including phenoxy) is 1. The van der Waals surface area contributed by atoms with Gasteiger partial charge in [-0.2, -0.15) is 0 Å². The van der Waals surface area contributed by atoms with Gasteiger partial charge in [0, 0.05) is 6.54 Å². The van der Waals surface area contributed by atoms with Crippen molar-refractivity contribution in [3.63, 3.8) is 0 Å². The lowest BCUT2D eigenvalue weighted by Gasteiger charge is -2.11. The fourth-order valence-corrected chi connectivity index (χ4v) is 1.51. The first-order valence-corrected chi connectivity index (χ1v) is 5.80. The number of urea groups is 1. The van der Waals surface area contributed by atoms with Gasteiger partial charge >= 0.3 is 12.0 Å². The van der Waals surface area contributed by atoms with E-state index in [-0.39, 0.29) is 12.6 Å². The molecule has 1 atom stereocenters. The highest BCUT2D eigenvalue weighted by atomic mass is 16.5. The van der Waals surface area contributed by atoms with Crippen LogP contribution in [0.3, 0.4) is 0 Å². The summed E-state index contributed by atoms with van der Waals surface area (Å²) in [6.07, 6.45) is 2.54. The number of carbonyl (C=O) groups is 2. The van der Waals surface area contributed by atoms with Gasteiger partial charge in [-0.3, -0.25) is 4.79 Å². The Hall–Kier alpha value is -1.26. The molecule has 1 fully saturated rings. The number of carbonyl (C=O) groups excluding carboxylic acids is 2. The lowest BCUT2D eigenvalue weighted by atomic mass is 10.1. The molecule has 1 rings (SSSR count). The quantitative estimate of drug-likeness (QED) is 0.664.